The fourth-order valence-corrected chi connectivity index (χ4v) is 6.98. The first kappa shape index (κ1) is 17.7. The van der Waals surface area contributed by atoms with Crippen LogP contribution < -0.4 is 0 Å². The molecule has 0 aliphatic rings. The molecule has 0 fully saturated rings. The molecule has 0 saturated carbocycles. The Morgan fingerprint density at radius 1 is 0.652 bits per heavy atom. The highest BCUT2D eigenvalue weighted by molar-refractivity contribution is 8.08. The highest BCUT2D eigenvalue weighted by Crippen LogP contribution is 2.24. The normalized spacial score (nSPS) is 12.3. The molecule has 2 aromatic rings. The van der Waals surface area contributed by atoms with Gasteiger partial charge in [-0.2, -0.15) is 0 Å². The van der Waals surface area contributed by atoms with Crippen LogP contribution in [0, 0.1) is 0 Å². The van der Waals surface area contributed by atoms with Gasteiger partial charge in [-0.25, -0.2) is 16.8 Å². The molecule has 0 amide bonds. The first-order chi connectivity index (χ1) is 10.8. The second-order valence-electron chi connectivity index (χ2n) is 5.27. The van der Waals surface area contributed by atoms with Crippen molar-refractivity contribution in [2.75, 3.05) is 5.08 Å². The topological polar surface area (TPSA) is 68.3 Å². The molecule has 23 heavy (non-hydrogen) atoms. The maximum absolute atomic E-state index is 12.6. The summed E-state index contributed by atoms with van der Waals surface area (Å²) >= 11 is 0. The Balaban J connectivity index is 2.48. The Morgan fingerprint density at radius 2 is 1.00 bits per heavy atom. The van der Waals surface area contributed by atoms with Crippen LogP contribution in [0.2, 0.25) is 0 Å². The number of sulfone groups is 2. The SMILES string of the molecule is CCc1ccccc1S(=O)(=O)CS(=O)(=O)c1ccccc1CC. The van der Waals surface area contributed by atoms with Crippen LogP contribution in [0.15, 0.2) is 58.3 Å². The fourth-order valence-electron chi connectivity index (χ4n) is 2.53. The standard InChI is InChI=1S/C17H20O4S2/c1-3-14-9-5-7-11-16(14)22(18,19)13-23(20,21)17-12-8-6-10-15(17)4-2/h5-12H,3-4,13H2,1-2H3. The number of aryl methyl sites for hydroxylation is 2. The quantitative estimate of drug-likeness (QED) is 0.801. The van der Waals surface area contributed by atoms with E-state index < -0.39 is 24.8 Å². The number of benzene rings is 2. The molecule has 0 aliphatic carbocycles. The van der Waals surface area contributed by atoms with E-state index in [0.717, 1.165) is 0 Å². The van der Waals surface area contributed by atoms with Crippen LogP contribution >= 0.6 is 0 Å². The molecule has 0 aromatic heterocycles. The predicted octanol–water partition coefficient (Wildman–Crippen LogP) is 3.02. The lowest BCUT2D eigenvalue weighted by atomic mass is 10.2. The Kier molecular flexibility index (Phi) is 5.26. The summed E-state index contributed by atoms with van der Waals surface area (Å²) in [6.07, 6.45) is 1.06. The van der Waals surface area contributed by atoms with E-state index in [4.69, 9.17) is 0 Å². The summed E-state index contributed by atoms with van der Waals surface area (Å²) in [7, 11) is -7.84. The summed E-state index contributed by atoms with van der Waals surface area (Å²) in [6.45, 7) is 3.68. The van der Waals surface area contributed by atoms with Crippen LogP contribution in [-0.2, 0) is 32.5 Å². The van der Waals surface area contributed by atoms with Gasteiger partial charge in [0.05, 0.1) is 9.79 Å². The summed E-state index contributed by atoms with van der Waals surface area (Å²) in [5.41, 5.74) is 1.26. The summed E-state index contributed by atoms with van der Waals surface area (Å²) in [5.74, 6) is 0. The average Bonchev–Trinajstić information content (AvgIpc) is 2.53. The molecule has 2 aromatic carbocycles. The maximum atomic E-state index is 12.6. The Hall–Kier alpha value is -1.66. The second kappa shape index (κ2) is 6.84. The van der Waals surface area contributed by atoms with Crippen molar-refractivity contribution in [3.05, 3.63) is 59.7 Å². The lowest BCUT2D eigenvalue weighted by Gasteiger charge is -2.12. The van der Waals surface area contributed by atoms with Gasteiger partial charge in [0.15, 0.2) is 24.8 Å². The van der Waals surface area contributed by atoms with Gasteiger partial charge in [0.25, 0.3) is 0 Å². The molecule has 4 nitrogen and oxygen atoms in total. The minimum absolute atomic E-state index is 0.0973. The zero-order chi connectivity index (χ0) is 17.1. The zero-order valence-electron chi connectivity index (χ0n) is 13.2. The van der Waals surface area contributed by atoms with E-state index in [2.05, 4.69) is 0 Å². The maximum Gasteiger partial charge on any atom is 0.193 e. The number of hydrogen-bond acceptors (Lipinski definition) is 4. The Labute approximate surface area is 138 Å². The van der Waals surface area contributed by atoms with Crippen LogP contribution in [-0.4, -0.2) is 21.9 Å². The van der Waals surface area contributed by atoms with Crippen molar-refractivity contribution in [3.63, 3.8) is 0 Å². The first-order valence-corrected chi connectivity index (χ1v) is 10.7. The molecule has 2 rings (SSSR count). The molecule has 0 radical (unpaired) electrons. The highest BCUT2D eigenvalue weighted by atomic mass is 32.3. The largest absolute Gasteiger partial charge is 0.223 e. The van der Waals surface area contributed by atoms with Gasteiger partial charge in [0.1, 0.15) is 0 Å². The minimum Gasteiger partial charge on any atom is -0.223 e. The molecular formula is C17H20O4S2. The molecule has 0 atom stereocenters. The highest BCUT2D eigenvalue weighted by Gasteiger charge is 2.28. The molecular weight excluding hydrogens is 332 g/mol. The molecule has 124 valence electrons. The molecule has 0 spiro atoms. The van der Waals surface area contributed by atoms with Crippen molar-refractivity contribution < 1.29 is 16.8 Å². The fraction of sp³-hybridized carbons (Fsp3) is 0.294. The number of hydrogen-bond donors (Lipinski definition) is 0. The molecule has 0 aliphatic heterocycles. The Morgan fingerprint density at radius 3 is 1.35 bits per heavy atom. The molecule has 0 unspecified atom stereocenters. The molecule has 0 heterocycles. The van der Waals surface area contributed by atoms with Crippen LogP contribution in [0.4, 0.5) is 0 Å². The monoisotopic (exact) mass is 352 g/mol. The smallest absolute Gasteiger partial charge is 0.193 e. The number of rotatable bonds is 6. The summed E-state index contributed by atoms with van der Waals surface area (Å²) < 4.78 is 50.5. The van der Waals surface area contributed by atoms with E-state index in [1.54, 1.807) is 36.4 Å². The van der Waals surface area contributed by atoms with Crippen LogP contribution in [0.3, 0.4) is 0 Å². The van der Waals surface area contributed by atoms with E-state index in [9.17, 15) is 16.8 Å². The van der Waals surface area contributed by atoms with E-state index in [-0.39, 0.29) is 9.79 Å². The van der Waals surface area contributed by atoms with E-state index in [1.165, 1.54) is 12.1 Å². The van der Waals surface area contributed by atoms with Crippen molar-refractivity contribution in [1.29, 1.82) is 0 Å². The predicted molar refractivity (Wildman–Crippen MR) is 90.9 cm³/mol. The van der Waals surface area contributed by atoms with Crippen LogP contribution in [0.5, 0.6) is 0 Å². The van der Waals surface area contributed by atoms with Crippen molar-refractivity contribution in [3.8, 4) is 0 Å². The lowest BCUT2D eigenvalue weighted by molar-refractivity contribution is 0.587. The van der Waals surface area contributed by atoms with Gasteiger partial charge in [0.2, 0.25) is 0 Å². The van der Waals surface area contributed by atoms with Gasteiger partial charge < -0.3 is 0 Å². The van der Waals surface area contributed by atoms with Crippen molar-refractivity contribution in [1.82, 2.24) is 0 Å². The third kappa shape index (κ3) is 3.82. The summed E-state index contributed by atoms with van der Waals surface area (Å²) in [5, 5.41) is -0.909. The van der Waals surface area contributed by atoms with Crippen molar-refractivity contribution in [2.45, 2.75) is 36.5 Å². The van der Waals surface area contributed by atoms with Gasteiger partial charge in [-0.3, -0.25) is 0 Å². The second-order valence-corrected chi connectivity index (χ2v) is 9.55. The van der Waals surface area contributed by atoms with Gasteiger partial charge in [-0.1, -0.05) is 50.2 Å². The van der Waals surface area contributed by atoms with Gasteiger partial charge >= 0.3 is 0 Å². The van der Waals surface area contributed by atoms with Crippen molar-refractivity contribution in [2.24, 2.45) is 0 Å². The average molecular weight is 352 g/mol. The summed E-state index contributed by atoms with van der Waals surface area (Å²) in [6, 6.07) is 13.1. The van der Waals surface area contributed by atoms with Gasteiger partial charge in [0, 0.05) is 0 Å². The third-order valence-corrected chi connectivity index (χ3v) is 8.31. The molecule has 0 bridgehead atoms. The van der Waals surface area contributed by atoms with Crippen LogP contribution in [0.25, 0.3) is 0 Å². The van der Waals surface area contributed by atoms with Gasteiger partial charge in [-0.15, -0.1) is 0 Å². The third-order valence-electron chi connectivity index (χ3n) is 3.69. The lowest BCUT2D eigenvalue weighted by Crippen LogP contribution is -2.19. The van der Waals surface area contributed by atoms with E-state index >= 15 is 0 Å². The minimum atomic E-state index is -3.92. The Bertz CT molecular complexity index is 822. The zero-order valence-corrected chi connectivity index (χ0v) is 14.8. The van der Waals surface area contributed by atoms with Crippen molar-refractivity contribution >= 4 is 19.7 Å². The molecule has 0 N–H and O–H groups in total. The summed E-state index contributed by atoms with van der Waals surface area (Å²) in [4.78, 5) is 0.195. The van der Waals surface area contributed by atoms with Gasteiger partial charge in [-0.05, 0) is 36.1 Å². The van der Waals surface area contributed by atoms with Crippen LogP contribution in [0.1, 0.15) is 25.0 Å². The van der Waals surface area contributed by atoms with E-state index in [0.29, 0.717) is 24.0 Å². The first-order valence-electron chi connectivity index (χ1n) is 7.43. The molecule has 6 heteroatoms. The van der Waals surface area contributed by atoms with E-state index in [1.807, 2.05) is 13.8 Å². The molecule has 0 saturated heterocycles.